The van der Waals surface area contributed by atoms with Gasteiger partial charge in [0.1, 0.15) is 6.33 Å². The Bertz CT molecular complexity index is 2640. The van der Waals surface area contributed by atoms with Crippen molar-refractivity contribution in [1.29, 1.82) is 0 Å². The third-order valence-electron chi connectivity index (χ3n) is 13.3. The lowest BCUT2D eigenvalue weighted by Gasteiger charge is -2.39. The number of thioether (sulfide) groups is 1. The summed E-state index contributed by atoms with van der Waals surface area (Å²) in [7, 11) is -4.51. The minimum absolute atomic E-state index is 0.0138. The SMILES string of the molecule is CC(C)OC1CCN(CC[C@H](CSc2ccccc2)Nc2ccc(S(=O)(=O)Nc3ncnc4cc(N5CCN(CC6=C(c7ccc(Cl)cc7)CCC(C)(C)C6)CC5)ccc34)cc2C(F)(F)F)CC1. The Morgan fingerprint density at radius 2 is 1.63 bits per heavy atom. The molecule has 5 aromatic rings. The number of benzene rings is 4. The third kappa shape index (κ3) is 13.1. The fraction of sp³-hybridized carbons (Fsp3) is 0.462. The summed E-state index contributed by atoms with van der Waals surface area (Å²) >= 11 is 7.79. The van der Waals surface area contributed by atoms with Gasteiger partial charge in [-0.2, -0.15) is 13.2 Å². The number of rotatable bonds is 17. The maximum absolute atomic E-state index is 14.9. The Morgan fingerprint density at radius 1 is 0.897 bits per heavy atom. The number of fused-ring (bicyclic) bond motifs is 1. The molecule has 0 saturated carbocycles. The number of nitrogens with zero attached hydrogens (tertiary/aromatic N) is 5. The van der Waals surface area contributed by atoms with Crippen molar-refractivity contribution in [2.24, 2.45) is 5.41 Å². The van der Waals surface area contributed by atoms with E-state index in [1.54, 1.807) is 17.8 Å². The van der Waals surface area contributed by atoms with E-state index in [0.29, 0.717) is 35.7 Å². The minimum atomic E-state index is -4.84. The van der Waals surface area contributed by atoms with E-state index in [4.69, 9.17) is 16.3 Å². The number of allylic oxidation sites excluding steroid dienone is 1. The first kappa shape index (κ1) is 50.0. The zero-order valence-corrected chi connectivity index (χ0v) is 41.8. The van der Waals surface area contributed by atoms with Crippen LogP contribution in [0.5, 0.6) is 0 Å². The molecule has 0 unspecified atom stereocenters. The number of piperidine rings is 1. The van der Waals surface area contributed by atoms with Gasteiger partial charge in [0.15, 0.2) is 5.82 Å². The van der Waals surface area contributed by atoms with E-state index >= 15 is 0 Å². The number of sulfonamides is 1. The van der Waals surface area contributed by atoms with Crippen molar-refractivity contribution in [2.75, 3.05) is 73.0 Å². The number of ether oxygens (including phenoxy) is 1. The van der Waals surface area contributed by atoms with Gasteiger partial charge in [-0.1, -0.05) is 61.4 Å². The highest BCUT2D eigenvalue weighted by molar-refractivity contribution is 7.99. The smallest absolute Gasteiger partial charge is 0.381 e. The van der Waals surface area contributed by atoms with E-state index in [1.807, 2.05) is 68.4 Å². The number of hydrogen-bond acceptors (Lipinski definition) is 10. The summed E-state index contributed by atoms with van der Waals surface area (Å²) < 4.78 is 81.0. The lowest BCUT2D eigenvalue weighted by molar-refractivity contribution is -0.137. The predicted molar refractivity (Wildman–Crippen MR) is 271 cm³/mol. The molecule has 1 aromatic heterocycles. The number of alkyl halides is 3. The lowest BCUT2D eigenvalue weighted by atomic mass is 9.73. The molecular formula is C52H63ClF3N7O3S2. The topological polar surface area (TPSA) is 103 Å². The summed E-state index contributed by atoms with van der Waals surface area (Å²) in [6.45, 7) is 15.4. The van der Waals surface area contributed by atoms with Crippen LogP contribution in [0, 0.1) is 5.41 Å². The second-order valence-corrected chi connectivity index (χ2v) is 22.6. The van der Waals surface area contributed by atoms with E-state index in [0.717, 1.165) is 93.5 Å². The van der Waals surface area contributed by atoms with Crippen LogP contribution in [0.2, 0.25) is 5.02 Å². The van der Waals surface area contributed by atoms with Crippen LogP contribution in [-0.4, -0.2) is 105 Å². The highest BCUT2D eigenvalue weighted by Crippen LogP contribution is 2.43. The molecule has 0 spiro atoms. The van der Waals surface area contributed by atoms with Gasteiger partial charge in [-0.3, -0.25) is 9.62 Å². The first-order chi connectivity index (χ1) is 32.5. The quantitative estimate of drug-likeness (QED) is 0.0876. The first-order valence-corrected chi connectivity index (χ1v) is 26.6. The van der Waals surface area contributed by atoms with Gasteiger partial charge in [0.2, 0.25) is 0 Å². The molecule has 8 rings (SSSR count). The highest BCUT2D eigenvalue weighted by atomic mass is 35.5. The lowest BCUT2D eigenvalue weighted by Crippen LogP contribution is -2.47. The molecule has 0 amide bonds. The van der Waals surface area contributed by atoms with Gasteiger partial charge in [0, 0.05) is 90.8 Å². The van der Waals surface area contributed by atoms with Gasteiger partial charge in [-0.25, -0.2) is 18.4 Å². The van der Waals surface area contributed by atoms with Crippen LogP contribution in [0.3, 0.4) is 0 Å². The van der Waals surface area contributed by atoms with Gasteiger partial charge in [0.25, 0.3) is 10.0 Å². The van der Waals surface area contributed by atoms with Crippen molar-refractivity contribution < 1.29 is 26.3 Å². The fourth-order valence-corrected chi connectivity index (χ4v) is 11.9. The van der Waals surface area contributed by atoms with E-state index in [9.17, 15) is 21.6 Å². The highest BCUT2D eigenvalue weighted by Gasteiger charge is 2.36. The Labute approximate surface area is 409 Å². The largest absolute Gasteiger partial charge is 0.418 e. The molecule has 0 bridgehead atoms. The fourth-order valence-electron chi connectivity index (χ4n) is 9.68. The zero-order valence-electron chi connectivity index (χ0n) is 39.4. The van der Waals surface area contributed by atoms with Crippen LogP contribution < -0.4 is 14.9 Å². The first-order valence-electron chi connectivity index (χ1n) is 23.7. The molecule has 2 fully saturated rings. The molecule has 3 heterocycles. The predicted octanol–water partition coefficient (Wildman–Crippen LogP) is 11.7. The second-order valence-electron chi connectivity index (χ2n) is 19.4. The van der Waals surface area contributed by atoms with Crippen LogP contribution in [0.4, 0.5) is 30.4 Å². The summed E-state index contributed by atoms with van der Waals surface area (Å²) in [5.41, 5.74) is 4.66. The number of likely N-dealkylation sites (tertiary alicyclic amines) is 1. The molecule has 1 aliphatic carbocycles. The molecule has 4 aromatic carbocycles. The van der Waals surface area contributed by atoms with Crippen LogP contribution in [0.15, 0.2) is 113 Å². The van der Waals surface area contributed by atoms with E-state index in [-0.39, 0.29) is 35.2 Å². The number of anilines is 3. The molecule has 1 atom stereocenters. The van der Waals surface area contributed by atoms with Gasteiger partial charge in [-0.15, -0.1) is 11.8 Å². The van der Waals surface area contributed by atoms with Gasteiger partial charge in [-0.05, 0) is 130 Å². The van der Waals surface area contributed by atoms with Crippen LogP contribution in [0.1, 0.15) is 77.3 Å². The van der Waals surface area contributed by atoms with Crippen molar-refractivity contribution >= 4 is 67.1 Å². The third-order valence-corrected chi connectivity index (χ3v) is 16.1. The van der Waals surface area contributed by atoms with E-state index < -0.39 is 26.7 Å². The van der Waals surface area contributed by atoms with Crippen molar-refractivity contribution in [1.82, 2.24) is 19.8 Å². The summed E-state index contributed by atoms with van der Waals surface area (Å²) in [5, 5.41) is 4.35. The van der Waals surface area contributed by atoms with E-state index in [2.05, 4.69) is 60.7 Å². The average Bonchev–Trinajstić information content (AvgIpc) is 3.30. The normalized spacial score (nSPS) is 18.3. The van der Waals surface area contributed by atoms with Gasteiger partial charge < -0.3 is 19.9 Å². The average molecular weight is 991 g/mol. The molecule has 2 aliphatic heterocycles. The number of piperazine rings is 1. The summed E-state index contributed by atoms with van der Waals surface area (Å²) in [6.07, 6.45) is 2.47. The van der Waals surface area contributed by atoms with E-state index in [1.165, 1.54) is 35.2 Å². The van der Waals surface area contributed by atoms with Crippen molar-refractivity contribution in [3.63, 3.8) is 0 Å². The number of hydrogen-bond donors (Lipinski definition) is 2. The summed E-state index contributed by atoms with van der Waals surface area (Å²) in [4.78, 5) is 16.3. The molecule has 2 saturated heterocycles. The van der Waals surface area contributed by atoms with Gasteiger partial charge >= 0.3 is 6.18 Å². The molecule has 3 aliphatic rings. The number of aromatic nitrogens is 2. The Morgan fingerprint density at radius 3 is 2.34 bits per heavy atom. The van der Waals surface area contributed by atoms with Crippen LogP contribution >= 0.6 is 23.4 Å². The van der Waals surface area contributed by atoms with Crippen molar-refractivity contribution in [3.8, 4) is 0 Å². The minimum Gasteiger partial charge on any atom is -0.381 e. The molecule has 10 nitrogen and oxygen atoms in total. The van der Waals surface area contributed by atoms with Crippen LogP contribution in [0.25, 0.3) is 16.5 Å². The molecule has 364 valence electrons. The van der Waals surface area contributed by atoms with Crippen molar-refractivity contribution in [2.45, 2.75) is 100 Å². The number of nitrogens with one attached hydrogen (secondary N) is 2. The standard InChI is InChI=1S/C52H63ClF3N7O3S2/c1-36(2)66-42-20-24-61(25-21-42)23-19-40(34-67-43-8-6-5-7-9-43)59-48-17-15-44(31-47(48)52(54,55)56)68(64,65)60-50-46-16-14-41(30-49(46)57-35-58-50)63-28-26-62(27-29-63)33-38-32-51(3,4)22-18-45(38)37-10-12-39(53)13-11-37/h5-17,30-31,35-36,40,42,59H,18-29,32-34H2,1-4H3,(H,57,58,60)/t40-/m1/s1. The molecule has 16 heteroatoms. The molecule has 0 radical (unpaired) electrons. The summed E-state index contributed by atoms with van der Waals surface area (Å²) in [5.74, 6) is 0.498. The van der Waals surface area contributed by atoms with Crippen molar-refractivity contribution in [3.05, 3.63) is 119 Å². The van der Waals surface area contributed by atoms with Gasteiger partial charge in [0.05, 0.1) is 28.2 Å². The maximum atomic E-state index is 14.9. The maximum Gasteiger partial charge on any atom is 0.418 e. The zero-order chi connectivity index (χ0) is 48.1. The second kappa shape index (κ2) is 21.7. The molecule has 68 heavy (non-hydrogen) atoms. The monoisotopic (exact) mass is 989 g/mol. The Hall–Kier alpha value is -4.38. The summed E-state index contributed by atoms with van der Waals surface area (Å²) in [6, 6.07) is 26.4. The Kier molecular flexibility index (Phi) is 16.0. The number of halogens is 4. The molecule has 2 N–H and O–H groups in total. The Balaban J connectivity index is 0.938. The molecular weight excluding hydrogens is 927 g/mol. The van der Waals surface area contributed by atoms with Crippen LogP contribution in [-0.2, 0) is 20.9 Å².